The van der Waals surface area contributed by atoms with Crippen LogP contribution >= 0.6 is 0 Å². The van der Waals surface area contributed by atoms with Crippen molar-refractivity contribution in [3.63, 3.8) is 0 Å². The summed E-state index contributed by atoms with van der Waals surface area (Å²) in [7, 11) is 0. The summed E-state index contributed by atoms with van der Waals surface area (Å²) in [6.07, 6.45) is -4.61. The van der Waals surface area contributed by atoms with Gasteiger partial charge in [-0.25, -0.2) is 4.39 Å². The summed E-state index contributed by atoms with van der Waals surface area (Å²) in [4.78, 5) is 11.5. The lowest BCUT2D eigenvalue weighted by Crippen LogP contribution is -2.27. The van der Waals surface area contributed by atoms with Crippen molar-refractivity contribution in [2.75, 3.05) is 5.32 Å². The minimum Gasteiger partial charge on any atom is -0.382 e. The topological polar surface area (TPSA) is 29.1 Å². The average Bonchev–Trinajstić information content (AvgIpc) is 2.16. The van der Waals surface area contributed by atoms with E-state index in [1.54, 1.807) is 6.92 Å². The van der Waals surface area contributed by atoms with E-state index in [4.69, 9.17) is 0 Å². The number of ketones is 1. The quantitative estimate of drug-likeness (QED) is 0.713. The molecule has 1 heterocycles. The number of Topliss-reactive ketones (excluding diaryl/α,β-unsaturated/α-hetero) is 1. The van der Waals surface area contributed by atoms with E-state index >= 15 is 0 Å². The predicted octanol–water partition coefficient (Wildman–Crippen LogP) is 3.23. The molecule has 92 valence electrons. The van der Waals surface area contributed by atoms with Crippen LogP contribution in [0.25, 0.3) is 0 Å². The van der Waals surface area contributed by atoms with Crippen LogP contribution in [0.1, 0.15) is 29.3 Å². The van der Waals surface area contributed by atoms with Gasteiger partial charge in [0, 0.05) is 23.7 Å². The van der Waals surface area contributed by atoms with E-state index in [1.165, 1.54) is 0 Å². The van der Waals surface area contributed by atoms with Gasteiger partial charge in [0.1, 0.15) is 5.82 Å². The number of hydrogen-bond acceptors (Lipinski definition) is 2. The maximum atomic E-state index is 13.2. The number of alkyl halides is 3. The Kier molecular flexibility index (Phi) is 2.60. The molecule has 0 spiro atoms. The van der Waals surface area contributed by atoms with Gasteiger partial charge in [0.05, 0.1) is 5.56 Å². The first kappa shape index (κ1) is 11.9. The Labute approximate surface area is 94.6 Å². The predicted molar refractivity (Wildman–Crippen MR) is 53.4 cm³/mol. The lowest BCUT2D eigenvalue weighted by atomic mass is 9.95. The Bertz CT molecular complexity index is 481. The molecule has 0 aliphatic carbocycles. The van der Waals surface area contributed by atoms with E-state index in [0.29, 0.717) is 12.1 Å². The van der Waals surface area contributed by atoms with Crippen molar-refractivity contribution in [1.82, 2.24) is 0 Å². The lowest BCUT2D eigenvalue weighted by Gasteiger charge is -2.24. The molecule has 0 amide bonds. The fourth-order valence-corrected chi connectivity index (χ4v) is 1.85. The van der Waals surface area contributed by atoms with Crippen molar-refractivity contribution in [1.29, 1.82) is 0 Å². The molecule has 6 heteroatoms. The van der Waals surface area contributed by atoms with Gasteiger partial charge in [-0.15, -0.1) is 0 Å². The minimum atomic E-state index is -4.76. The van der Waals surface area contributed by atoms with Crippen molar-refractivity contribution in [2.45, 2.75) is 25.6 Å². The number of halogens is 4. The molecule has 1 aliphatic rings. The molecule has 1 aliphatic heterocycles. The van der Waals surface area contributed by atoms with Crippen molar-refractivity contribution >= 4 is 11.5 Å². The smallest absolute Gasteiger partial charge is 0.382 e. The summed E-state index contributed by atoms with van der Waals surface area (Å²) in [6, 6.07) is 1.05. The number of hydrogen-bond donors (Lipinski definition) is 1. The molecule has 0 fully saturated rings. The van der Waals surface area contributed by atoms with Gasteiger partial charge in [-0.2, -0.15) is 13.2 Å². The fraction of sp³-hybridized carbons (Fsp3) is 0.364. The van der Waals surface area contributed by atoms with Crippen LogP contribution in [0.15, 0.2) is 12.1 Å². The van der Waals surface area contributed by atoms with E-state index in [2.05, 4.69) is 5.32 Å². The summed E-state index contributed by atoms with van der Waals surface area (Å²) >= 11 is 0. The molecule has 1 aromatic carbocycles. The Hall–Kier alpha value is -1.59. The first-order chi connectivity index (χ1) is 7.79. The number of nitrogens with one attached hydrogen (secondary N) is 1. The largest absolute Gasteiger partial charge is 0.419 e. The molecule has 1 aromatic rings. The van der Waals surface area contributed by atoms with Gasteiger partial charge in [0.15, 0.2) is 5.78 Å². The molecular formula is C11H9F4NO. The second-order valence-electron chi connectivity index (χ2n) is 4.05. The summed E-state index contributed by atoms with van der Waals surface area (Å²) in [6.45, 7) is 1.68. The van der Waals surface area contributed by atoms with Crippen LogP contribution in [-0.4, -0.2) is 11.8 Å². The van der Waals surface area contributed by atoms with E-state index in [0.717, 1.165) is 0 Å². The number of fused-ring (bicyclic) bond motifs is 1. The zero-order chi connectivity index (χ0) is 12.8. The van der Waals surface area contributed by atoms with Crippen LogP contribution in [0.5, 0.6) is 0 Å². The van der Waals surface area contributed by atoms with Crippen LogP contribution in [0.4, 0.5) is 23.2 Å². The second kappa shape index (κ2) is 3.72. The maximum absolute atomic E-state index is 13.2. The third-order valence-electron chi connectivity index (χ3n) is 2.61. The maximum Gasteiger partial charge on any atom is 0.419 e. The molecule has 0 saturated carbocycles. The van der Waals surface area contributed by atoms with Crippen LogP contribution in [-0.2, 0) is 6.18 Å². The lowest BCUT2D eigenvalue weighted by molar-refractivity contribution is -0.139. The molecule has 1 atom stereocenters. The van der Waals surface area contributed by atoms with Gasteiger partial charge in [0.2, 0.25) is 0 Å². The van der Waals surface area contributed by atoms with Crippen LogP contribution in [0, 0.1) is 5.82 Å². The monoisotopic (exact) mass is 247 g/mol. The summed E-state index contributed by atoms with van der Waals surface area (Å²) in [5.41, 5.74) is -1.33. The zero-order valence-electron chi connectivity index (χ0n) is 8.86. The summed E-state index contributed by atoms with van der Waals surface area (Å²) in [5, 5.41) is 2.74. The number of carbonyl (C=O) groups excluding carboxylic acids is 1. The molecule has 2 nitrogen and oxygen atoms in total. The van der Waals surface area contributed by atoms with Crippen LogP contribution < -0.4 is 5.32 Å². The Morgan fingerprint density at radius 3 is 2.59 bits per heavy atom. The Balaban J connectivity index is 2.56. The zero-order valence-corrected chi connectivity index (χ0v) is 8.86. The van der Waals surface area contributed by atoms with Crippen LogP contribution in [0.3, 0.4) is 0 Å². The summed E-state index contributed by atoms with van der Waals surface area (Å²) in [5.74, 6) is -1.76. The standard InChI is InChI=1S/C11H9F4NO/c1-5-2-10(17)6-3-8(12)7(11(13,14)15)4-9(6)16-5/h3-5,16H,2H2,1H3. The normalized spacial score (nSPS) is 19.8. The highest BCUT2D eigenvalue weighted by Gasteiger charge is 2.36. The van der Waals surface area contributed by atoms with Gasteiger partial charge < -0.3 is 5.32 Å². The van der Waals surface area contributed by atoms with Crippen molar-refractivity contribution in [2.24, 2.45) is 0 Å². The van der Waals surface area contributed by atoms with Gasteiger partial charge in [-0.3, -0.25) is 4.79 Å². The number of rotatable bonds is 0. The Morgan fingerprint density at radius 1 is 1.35 bits per heavy atom. The van der Waals surface area contributed by atoms with Gasteiger partial charge in [0.25, 0.3) is 0 Å². The highest BCUT2D eigenvalue weighted by molar-refractivity contribution is 6.03. The molecular weight excluding hydrogens is 238 g/mol. The van der Waals surface area contributed by atoms with Crippen molar-refractivity contribution in [3.8, 4) is 0 Å². The van der Waals surface area contributed by atoms with Gasteiger partial charge >= 0.3 is 6.18 Å². The molecule has 0 saturated heterocycles. The van der Waals surface area contributed by atoms with Crippen molar-refractivity contribution in [3.05, 3.63) is 29.1 Å². The highest BCUT2D eigenvalue weighted by Crippen LogP contribution is 2.36. The SMILES string of the molecule is CC1CC(=O)c2cc(F)c(C(F)(F)F)cc2N1. The average molecular weight is 247 g/mol. The van der Waals surface area contributed by atoms with Gasteiger partial charge in [-0.05, 0) is 19.1 Å². The van der Waals surface area contributed by atoms with Gasteiger partial charge in [-0.1, -0.05) is 0 Å². The molecule has 0 aromatic heterocycles. The molecule has 17 heavy (non-hydrogen) atoms. The summed E-state index contributed by atoms with van der Waals surface area (Å²) < 4.78 is 50.6. The number of anilines is 1. The fourth-order valence-electron chi connectivity index (χ4n) is 1.85. The van der Waals surface area contributed by atoms with Crippen LogP contribution in [0.2, 0.25) is 0 Å². The van der Waals surface area contributed by atoms with E-state index in [1.807, 2.05) is 0 Å². The number of benzene rings is 1. The van der Waals surface area contributed by atoms with E-state index < -0.39 is 17.6 Å². The first-order valence-electron chi connectivity index (χ1n) is 4.99. The first-order valence-corrected chi connectivity index (χ1v) is 4.99. The minimum absolute atomic E-state index is 0.0198. The molecule has 0 bridgehead atoms. The van der Waals surface area contributed by atoms with E-state index in [-0.39, 0.29) is 29.5 Å². The highest BCUT2D eigenvalue weighted by atomic mass is 19.4. The molecule has 1 unspecified atom stereocenters. The molecule has 1 N–H and O–H groups in total. The third kappa shape index (κ3) is 2.11. The molecule has 0 radical (unpaired) electrons. The number of carbonyl (C=O) groups is 1. The second-order valence-corrected chi connectivity index (χ2v) is 4.05. The third-order valence-corrected chi connectivity index (χ3v) is 2.61. The Morgan fingerprint density at radius 2 is 2.00 bits per heavy atom. The molecule has 2 rings (SSSR count). The van der Waals surface area contributed by atoms with Crippen molar-refractivity contribution < 1.29 is 22.4 Å². The van der Waals surface area contributed by atoms with E-state index in [9.17, 15) is 22.4 Å².